The molecule has 0 radical (unpaired) electrons. The van der Waals surface area contributed by atoms with Crippen LogP contribution in [0, 0.1) is 44.1 Å². The van der Waals surface area contributed by atoms with E-state index in [4.69, 9.17) is 15.3 Å². The molecule has 4 heteroatoms. The third-order valence-electron chi connectivity index (χ3n) is 1.19. The van der Waals surface area contributed by atoms with Crippen LogP contribution >= 0.6 is 0 Å². The van der Waals surface area contributed by atoms with Crippen LogP contribution in [0.15, 0.2) is 6.07 Å². The molecule has 1 aromatic carbocycles. The molecular formula is C7H7O3U-. The average molecular weight is 377 g/mol. The number of phenols is 3. The molecule has 0 saturated carbocycles. The summed E-state index contributed by atoms with van der Waals surface area (Å²) in [6, 6.07) is 3.45. The van der Waals surface area contributed by atoms with Crippen molar-refractivity contribution in [1.82, 2.24) is 0 Å². The topological polar surface area (TPSA) is 60.7 Å². The molecule has 0 unspecified atom stereocenters. The SMILES string of the molecule is Cc1[c-]c(O)cc(O)c1O.[U]. The van der Waals surface area contributed by atoms with Gasteiger partial charge in [0.05, 0.1) is 5.75 Å². The number of benzene rings is 1. The zero-order valence-electron chi connectivity index (χ0n) is 5.92. The van der Waals surface area contributed by atoms with Gasteiger partial charge in [-0.25, -0.2) is 0 Å². The summed E-state index contributed by atoms with van der Waals surface area (Å²) in [6.45, 7) is 1.54. The number of aromatic hydroxyl groups is 3. The van der Waals surface area contributed by atoms with Crippen LogP contribution in [0.4, 0.5) is 0 Å². The van der Waals surface area contributed by atoms with E-state index < -0.39 is 0 Å². The summed E-state index contributed by atoms with van der Waals surface area (Å²) in [5.74, 6) is -0.737. The van der Waals surface area contributed by atoms with Crippen molar-refractivity contribution >= 4 is 0 Å². The van der Waals surface area contributed by atoms with Crippen LogP contribution in [0.3, 0.4) is 0 Å². The minimum atomic E-state index is -0.325. The Balaban J connectivity index is 0.000001000. The number of phenolic OH excluding ortho intramolecular Hbond substituents is 3. The van der Waals surface area contributed by atoms with Gasteiger partial charge in [0.1, 0.15) is 0 Å². The van der Waals surface area contributed by atoms with Gasteiger partial charge < -0.3 is 15.3 Å². The van der Waals surface area contributed by atoms with Crippen LogP contribution in [0.25, 0.3) is 0 Å². The Morgan fingerprint density at radius 2 is 1.82 bits per heavy atom. The first kappa shape index (κ1) is 10.7. The first-order valence-electron chi connectivity index (χ1n) is 2.75. The molecular weight excluding hydrogens is 370 g/mol. The van der Waals surface area contributed by atoms with Gasteiger partial charge in [-0.1, -0.05) is 13.0 Å². The second-order valence-electron chi connectivity index (χ2n) is 2.01. The van der Waals surface area contributed by atoms with Gasteiger partial charge in [-0.2, -0.15) is 0 Å². The summed E-state index contributed by atoms with van der Waals surface area (Å²) >= 11 is 0. The van der Waals surface area contributed by atoms with Gasteiger partial charge in [0.15, 0.2) is 0 Å². The van der Waals surface area contributed by atoms with E-state index in [1.54, 1.807) is 0 Å². The summed E-state index contributed by atoms with van der Waals surface area (Å²) < 4.78 is 0. The van der Waals surface area contributed by atoms with E-state index in [0.29, 0.717) is 5.56 Å². The molecule has 3 nitrogen and oxygen atoms in total. The normalized spacial score (nSPS) is 8.82. The largest absolute Gasteiger partial charge is 0.562 e. The van der Waals surface area contributed by atoms with Gasteiger partial charge >= 0.3 is 0 Å². The van der Waals surface area contributed by atoms with E-state index in [1.807, 2.05) is 0 Å². The molecule has 11 heavy (non-hydrogen) atoms. The molecule has 0 heterocycles. The third-order valence-corrected chi connectivity index (χ3v) is 1.19. The Labute approximate surface area is 88.1 Å². The predicted octanol–water partition coefficient (Wildman–Crippen LogP) is 0.912. The van der Waals surface area contributed by atoms with E-state index in [-0.39, 0.29) is 48.4 Å². The Bertz CT molecular complexity index is 237. The summed E-state index contributed by atoms with van der Waals surface area (Å²) in [7, 11) is 0. The van der Waals surface area contributed by atoms with Crippen molar-refractivity contribution in [3.63, 3.8) is 0 Å². The van der Waals surface area contributed by atoms with Crippen LogP contribution in [0.2, 0.25) is 0 Å². The summed E-state index contributed by atoms with van der Waals surface area (Å²) in [5.41, 5.74) is 0.331. The fourth-order valence-electron chi connectivity index (χ4n) is 0.677. The zero-order chi connectivity index (χ0) is 7.72. The maximum atomic E-state index is 8.94. The maximum absolute atomic E-state index is 8.94. The van der Waals surface area contributed by atoms with E-state index >= 15 is 0 Å². The van der Waals surface area contributed by atoms with Crippen LogP contribution in [-0.2, 0) is 0 Å². The Kier molecular flexibility index (Phi) is 3.78. The predicted molar refractivity (Wildman–Crippen MR) is 35.0 cm³/mol. The fourth-order valence-corrected chi connectivity index (χ4v) is 0.677. The van der Waals surface area contributed by atoms with E-state index in [9.17, 15) is 0 Å². The van der Waals surface area contributed by atoms with E-state index in [2.05, 4.69) is 6.07 Å². The third kappa shape index (κ3) is 2.32. The second kappa shape index (κ2) is 3.89. The van der Waals surface area contributed by atoms with Crippen molar-refractivity contribution in [1.29, 1.82) is 0 Å². The number of aryl methyl sites for hydroxylation is 1. The molecule has 0 aliphatic rings. The maximum Gasteiger partial charge on any atom is 0.0522 e. The van der Waals surface area contributed by atoms with Gasteiger partial charge in [0, 0.05) is 42.6 Å². The molecule has 0 aliphatic carbocycles. The van der Waals surface area contributed by atoms with Crippen molar-refractivity contribution < 1.29 is 46.4 Å². The Morgan fingerprint density at radius 1 is 1.27 bits per heavy atom. The fraction of sp³-hybridized carbons (Fsp3) is 0.143. The second-order valence-corrected chi connectivity index (χ2v) is 2.01. The van der Waals surface area contributed by atoms with Gasteiger partial charge in [0.2, 0.25) is 0 Å². The molecule has 1 aromatic rings. The molecule has 0 saturated heterocycles. The van der Waals surface area contributed by atoms with Gasteiger partial charge in [-0.3, -0.25) is 0 Å². The summed E-state index contributed by atoms with van der Waals surface area (Å²) in [4.78, 5) is 0. The Hall–Kier alpha value is -0.328. The summed E-state index contributed by atoms with van der Waals surface area (Å²) in [5, 5.41) is 26.6. The van der Waals surface area contributed by atoms with Crippen molar-refractivity contribution in [2.75, 3.05) is 0 Å². The molecule has 0 amide bonds. The van der Waals surface area contributed by atoms with Gasteiger partial charge in [-0.15, -0.1) is 11.6 Å². The molecule has 0 atom stereocenters. The number of rotatable bonds is 0. The Morgan fingerprint density at radius 3 is 2.27 bits per heavy atom. The minimum Gasteiger partial charge on any atom is -0.562 e. The quantitative estimate of drug-likeness (QED) is 0.358. The smallest absolute Gasteiger partial charge is 0.0522 e. The molecule has 0 spiro atoms. The van der Waals surface area contributed by atoms with Crippen LogP contribution in [0.1, 0.15) is 5.56 Å². The van der Waals surface area contributed by atoms with E-state index in [1.165, 1.54) is 6.92 Å². The average Bonchev–Trinajstić information content (AvgIpc) is 1.82. The standard InChI is InChI=1S/C7H7O3.U/c1-4-2-5(8)3-6(9)7(4)10;/h3,8-10H,1H3;/q-1;. The summed E-state index contributed by atoms with van der Waals surface area (Å²) in [6.07, 6.45) is 0. The van der Waals surface area contributed by atoms with Crippen molar-refractivity contribution in [2.24, 2.45) is 0 Å². The van der Waals surface area contributed by atoms with E-state index in [0.717, 1.165) is 6.07 Å². The first-order chi connectivity index (χ1) is 4.61. The monoisotopic (exact) mass is 377 g/mol. The molecule has 58 valence electrons. The van der Waals surface area contributed by atoms with Gasteiger partial charge in [-0.05, 0) is 0 Å². The molecule has 1 rings (SSSR count). The van der Waals surface area contributed by atoms with Crippen LogP contribution in [0.5, 0.6) is 17.2 Å². The molecule has 0 aliphatic heterocycles. The van der Waals surface area contributed by atoms with Crippen molar-refractivity contribution in [3.05, 3.63) is 17.7 Å². The first-order valence-corrected chi connectivity index (χ1v) is 2.75. The minimum absolute atomic E-state index is 0. The molecule has 0 bridgehead atoms. The van der Waals surface area contributed by atoms with Crippen LogP contribution in [-0.4, -0.2) is 15.3 Å². The van der Waals surface area contributed by atoms with Crippen molar-refractivity contribution in [3.8, 4) is 17.2 Å². The zero-order valence-corrected chi connectivity index (χ0v) is 10.1. The number of hydrogen-bond donors (Lipinski definition) is 3. The molecule has 0 aromatic heterocycles. The number of hydrogen-bond acceptors (Lipinski definition) is 3. The molecule has 3 N–H and O–H groups in total. The van der Waals surface area contributed by atoms with Gasteiger partial charge in [0.25, 0.3) is 0 Å². The van der Waals surface area contributed by atoms with Crippen molar-refractivity contribution in [2.45, 2.75) is 6.92 Å². The van der Waals surface area contributed by atoms with Crippen LogP contribution < -0.4 is 0 Å². The molecule has 0 fully saturated rings.